The summed E-state index contributed by atoms with van der Waals surface area (Å²) in [5.74, 6) is -1.27. The number of amides is 1. The van der Waals surface area contributed by atoms with E-state index in [-0.39, 0.29) is 17.9 Å². The van der Waals surface area contributed by atoms with Gasteiger partial charge in [0.15, 0.2) is 0 Å². The number of nitrogens with one attached hydrogen (secondary N) is 1. The number of carboxylic acid groups (broad SMARTS) is 1. The second-order valence-corrected chi connectivity index (χ2v) is 5.97. The summed E-state index contributed by atoms with van der Waals surface area (Å²) >= 11 is 0. The highest BCUT2D eigenvalue weighted by atomic mass is 16.4. The predicted molar refractivity (Wildman–Crippen MR) is 74.0 cm³/mol. The molecule has 0 heterocycles. The van der Waals surface area contributed by atoms with E-state index in [1.165, 1.54) is 5.56 Å². The van der Waals surface area contributed by atoms with Crippen LogP contribution in [0.15, 0.2) is 24.3 Å². The van der Waals surface area contributed by atoms with Gasteiger partial charge in [-0.2, -0.15) is 0 Å². The maximum Gasteiger partial charge on any atom is 0.307 e. The van der Waals surface area contributed by atoms with Crippen molar-refractivity contribution in [2.45, 2.75) is 32.2 Å². The first kappa shape index (κ1) is 13.2. The van der Waals surface area contributed by atoms with E-state index in [2.05, 4.69) is 11.4 Å². The molecule has 2 N–H and O–H groups in total. The van der Waals surface area contributed by atoms with Gasteiger partial charge in [-0.1, -0.05) is 24.3 Å². The molecule has 106 valence electrons. The van der Waals surface area contributed by atoms with E-state index in [4.69, 9.17) is 5.11 Å². The minimum absolute atomic E-state index is 0.0405. The fourth-order valence-corrected chi connectivity index (χ4v) is 2.83. The Balaban J connectivity index is 1.72. The number of carboxylic acids is 1. The Labute approximate surface area is 118 Å². The Hall–Kier alpha value is -1.84. The van der Waals surface area contributed by atoms with Crippen LogP contribution in [0.25, 0.3) is 0 Å². The number of hydrogen-bond acceptors (Lipinski definition) is 2. The molecule has 0 radical (unpaired) electrons. The van der Waals surface area contributed by atoms with Gasteiger partial charge >= 0.3 is 5.97 Å². The number of rotatable bonds is 5. The monoisotopic (exact) mass is 273 g/mol. The molecule has 2 aliphatic carbocycles. The summed E-state index contributed by atoms with van der Waals surface area (Å²) in [6.45, 7) is 2.05. The minimum atomic E-state index is -0.857. The van der Waals surface area contributed by atoms with Crippen molar-refractivity contribution in [3.05, 3.63) is 35.4 Å². The molecule has 0 spiro atoms. The van der Waals surface area contributed by atoms with Crippen LogP contribution in [0.2, 0.25) is 0 Å². The van der Waals surface area contributed by atoms with E-state index in [0.29, 0.717) is 12.3 Å². The zero-order valence-corrected chi connectivity index (χ0v) is 11.5. The van der Waals surface area contributed by atoms with Crippen LogP contribution in [0.4, 0.5) is 0 Å². The molecule has 20 heavy (non-hydrogen) atoms. The SMILES string of the molecule is Cc1ccccc1C(NC(=O)C1CC1C(=O)O)C1CC1. The third-order valence-corrected chi connectivity index (χ3v) is 4.36. The van der Waals surface area contributed by atoms with Crippen LogP contribution >= 0.6 is 0 Å². The van der Waals surface area contributed by atoms with Gasteiger partial charge in [0, 0.05) is 0 Å². The summed E-state index contributed by atoms with van der Waals surface area (Å²) in [5.41, 5.74) is 2.34. The van der Waals surface area contributed by atoms with Gasteiger partial charge in [-0.05, 0) is 43.2 Å². The second kappa shape index (κ2) is 4.93. The van der Waals surface area contributed by atoms with E-state index in [9.17, 15) is 9.59 Å². The van der Waals surface area contributed by atoms with E-state index in [1.54, 1.807) is 0 Å². The van der Waals surface area contributed by atoms with Crippen molar-refractivity contribution in [3.63, 3.8) is 0 Å². The Morgan fingerprint density at radius 3 is 2.50 bits per heavy atom. The highest BCUT2D eigenvalue weighted by Gasteiger charge is 2.49. The normalized spacial score (nSPS) is 25.9. The van der Waals surface area contributed by atoms with Crippen molar-refractivity contribution in [2.75, 3.05) is 0 Å². The third kappa shape index (κ3) is 2.55. The van der Waals surface area contributed by atoms with Crippen LogP contribution in [0, 0.1) is 24.7 Å². The quantitative estimate of drug-likeness (QED) is 0.865. The number of carbonyl (C=O) groups excluding carboxylic acids is 1. The first-order chi connectivity index (χ1) is 9.58. The zero-order valence-electron chi connectivity index (χ0n) is 11.5. The number of benzene rings is 1. The van der Waals surface area contributed by atoms with Crippen molar-refractivity contribution in [1.82, 2.24) is 5.32 Å². The summed E-state index contributed by atoms with van der Waals surface area (Å²) in [7, 11) is 0. The molecule has 4 nitrogen and oxygen atoms in total. The number of aryl methyl sites for hydroxylation is 1. The lowest BCUT2D eigenvalue weighted by Crippen LogP contribution is -2.32. The highest BCUT2D eigenvalue weighted by Crippen LogP contribution is 2.44. The molecular formula is C16H19NO3. The minimum Gasteiger partial charge on any atom is -0.481 e. The lowest BCUT2D eigenvalue weighted by molar-refractivity contribution is -0.140. The fourth-order valence-electron chi connectivity index (χ4n) is 2.83. The molecule has 1 aromatic rings. The van der Waals surface area contributed by atoms with Gasteiger partial charge in [0.1, 0.15) is 0 Å². The Kier molecular flexibility index (Phi) is 3.24. The molecule has 2 aliphatic rings. The molecule has 4 heteroatoms. The molecule has 3 unspecified atom stereocenters. The van der Waals surface area contributed by atoms with Gasteiger partial charge in [0.05, 0.1) is 17.9 Å². The topological polar surface area (TPSA) is 66.4 Å². The number of hydrogen-bond donors (Lipinski definition) is 2. The molecule has 3 atom stereocenters. The lowest BCUT2D eigenvalue weighted by Gasteiger charge is -2.20. The summed E-state index contributed by atoms with van der Waals surface area (Å²) in [6.07, 6.45) is 2.74. The molecule has 2 fully saturated rings. The summed E-state index contributed by atoms with van der Waals surface area (Å²) in [5, 5.41) is 12.0. The van der Waals surface area contributed by atoms with Crippen LogP contribution in [0.3, 0.4) is 0 Å². The molecule has 1 amide bonds. The Bertz CT molecular complexity index is 550. The van der Waals surface area contributed by atoms with Gasteiger partial charge in [-0.3, -0.25) is 9.59 Å². The third-order valence-electron chi connectivity index (χ3n) is 4.36. The summed E-state index contributed by atoms with van der Waals surface area (Å²) < 4.78 is 0. The zero-order chi connectivity index (χ0) is 14.3. The highest BCUT2D eigenvalue weighted by molar-refractivity contribution is 5.89. The van der Waals surface area contributed by atoms with Crippen LogP contribution in [-0.2, 0) is 9.59 Å². The molecular weight excluding hydrogens is 254 g/mol. The van der Waals surface area contributed by atoms with Gasteiger partial charge < -0.3 is 10.4 Å². The molecule has 0 saturated heterocycles. The maximum atomic E-state index is 12.2. The molecule has 3 rings (SSSR count). The first-order valence-electron chi connectivity index (χ1n) is 7.16. The number of aliphatic carboxylic acids is 1. The standard InChI is InChI=1S/C16H19NO3/c1-9-4-2-3-5-11(9)14(10-6-7-10)17-15(18)12-8-13(12)16(19)20/h2-5,10,12-14H,6-8H2,1H3,(H,17,18)(H,19,20). The number of carbonyl (C=O) groups is 2. The molecule has 1 aromatic carbocycles. The summed E-state index contributed by atoms with van der Waals surface area (Å²) in [4.78, 5) is 23.0. The van der Waals surface area contributed by atoms with Crippen molar-refractivity contribution >= 4 is 11.9 Å². The van der Waals surface area contributed by atoms with Crippen LogP contribution in [0.1, 0.15) is 36.4 Å². The molecule has 0 bridgehead atoms. The van der Waals surface area contributed by atoms with Crippen LogP contribution < -0.4 is 5.32 Å². The molecule has 0 aliphatic heterocycles. The largest absolute Gasteiger partial charge is 0.481 e. The average Bonchev–Trinajstić information content (AvgIpc) is 3.28. The van der Waals surface area contributed by atoms with E-state index in [0.717, 1.165) is 18.4 Å². The predicted octanol–water partition coefficient (Wildman–Crippen LogP) is 2.28. The van der Waals surface area contributed by atoms with Crippen molar-refractivity contribution in [2.24, 2.45) is 17.8 Å². The van der Waals surface area contributed by atoms with Crippen LogP contribution in [-0.4, -0.2) is 17.0 Å². The molecule has 2 saturated carbocycles. The van der Waals surface area contributed by atoms with Crippen molar-refractivity contribution in [1.29, 1.82) is 0 Å². The van der Waals surface area contributed by atoms with Crippen LogP contribution in [0.5, 0.6) is 0 Å². The second-order valence-electron chi connectivity index (χ2n) is 5.97. The molecule has 0 aromatic heterocycles. The van der Waals surface area contributed by atoms with E-state index < -0.39 is 11.9 Å². The Morgan fingerprint density at radius 2 is 1.95 bits per heavy atom. The van der Waals surface area contributed by atoms with Crippen molar-refractivity contribution in [3.8, 4) is 0 Å². The smallest absolute Gasteiger partial charge is 0.307 e. The summed E-state index contributed by atoms with van der Waals surface area (Å²) in [6, 6.07) is 8.13. The van der Waals surface area contributed by atoms with E-state index >= 15 is 0 Å². The average molecular weight is 273 g/mol. The fraction of sp³-hybridized carbons (Fsp3) is 0.500. The van der Waals surface area contributed by atoms with E-state index in [1.807, 2.05) is 25.1 Å². The van der Waals surface area contributed by atoms with Gasteiger partial charge in [0.25, 0.3) is 0 Å². The maximum absolute atomic E-state index is 12.2. The Morgan fingerprint density at radius 1 is 1.25 bits per heavy atom. The van der Waals surface area contributed by atoms with Crippen molar-refractivity contribution < 1.29 is 14.7 Å². The first-order valence-corrected chi connectivity index (χ1v) is 7.16. The lowest BCUT2D eigenvalue weighted by atomic mass is 9.97. The van der Waals surface area contributed by atoms with Gasteiger partial charge in [0.2, 0.25) is 5.91 Å². The van der Waals surface area contributed by atoms with Gasteiger partial charge in [-0.25, -0.2) is 0 Å². The van der Waals surface area contributed by atoms with Gasteiger partial charge in [-0.15, -0.1) is 0 Å².